The van der Waals surface area contributed by atoms with Crippen LogP contribution in [0, 0.1) is 5.92 Å². The van der Waals surface area contributed by atoms with Crippen LogP contribution in [-0.2, 0) is 25.9 Å². The van der Waals surface area contributed by atoms with Gasteiger partial charge in [0.1, 0.15) is 9.99 Å². The van der Waals surface area contributed by atoms with Crippen LogP contribution in [0.15, 0.2) is 46.0 Å². The van der Waals surface area contributed by atoms with Crippen molar-refractivity contribution in [1.82, 2.24) is 4.72 Å². The van der Waals surface area contributed by atoms with Gasteiger partial charge in [0.25, 0.3) is 10.0 Å². The van der Waals surface area contributed by atoms with Gasteiger partial charge in [-0.15, -0.1) is 11.3 Å². The van der Waals surface area contributed by atoms with Gasteiger partial charge < -0.3 is 15.7 Å². The molecule has 0 aliphatic rings. The third kappa shape index (κ3) is 5.75. The van der Waals surface area contributed by atoms with Crippen LogP contribution >= 0.6 is 18.7 Å². The van der Waals surface area contributed by atoms with Gasteiger partial charge in [-0.25, -0.2) is 8.42 Å². The number of sulfonamides is 1. The largest absolute Gasteiger partial charge is 0.481 e. The van der Waals surface area contributed by atoms with E-state index in [0.29, 0.717) is 11.1 Å². The van der Waals surface area contributed by atoms with Crippen LogP contribution in [-0.4, -0.2) is 30.2 Å². The lowest BCUT2D eigenvalue weighted by Crippen LogP contribution is -2.39. The van der Waals surface area contributed by atoms with Crippen molar-refractivity contribution in [1.29, 1.82) is 0 Å². The van der Waals surface area contributed by atoms with Crippen molar-refractivity contribution in [2.24, 2.45) is 11.7 Å². The van der Waals surface area contributed by atoms with Gasteiger partial charge in [-0.05, 0) is 28.5 Å². The number of carbonyl (C=O) groups is 1. The summed E-state index contributed by atoms with van der Waals surface area (Å²) in [6, 6.07) is 9.46. The average molecular weight is 461 g/mol. The smallest absolute Gasteiger partial charge is 0.304 e. The van der Waals surface area contributed by atoms with E-state index in [-0.39, 0.29) is 10.8 Å². The van der Waals surface area contributed by atoms with E-state index in [1.54, 1.807) is 49.6 Å². The van der Waals surface area contributed by atoms with Crippen molar-refractivity contribution in [3.63, 3.8) is 0 Å². The van der Waals surface area contributed by atoms with Gasteiger partial charge in [0.2, 0.25) is 7.37 Å². The predicted octanol–water partition coefficient (Wildman–Crippen LogP) is 2.95. The molecular weight excluding hydrogens is 435 g/mol. The number of rotatable bonds is 10. The highest BCUT2D eigenvalue weighted by molar-refractivity contribution is 7.92. The molecule has 3 unspecified atom stereocenters. The second kappa shape index (κ2) is 9.51. The summed E-state index contributed by atoms with van der Waals surface area (Å²) in [6.07, 6.45) is -0.619. The van der Waals surface area contributed by atoms with Crippen molar-refractivity contribution in [3.8, 4) is 0 Å². The molecule has 1 aromatic heterocycles. The second-order valence-electron chi connectivity index (χ2n) is 6.98. The highest BCUT2D eigenvalue weighted by Gasteiger charge is 2.44. The van der Waals surface area contributed by atoms with Gasteiger partial charge in [0.05, 0.1) is 12.1 Å². The summed E-state index contributed by atoms with van der Waals surface area (Å²) in [5, 5.41) is 10.9. The minimum atomic E-state index is -4.38. The van der Waals surface area contributed by atoms with Crippen molar-refractivity contribution < 1.29 is 27.8 Å². The molecule has 1 heterocycles. The van der Waals surface area contributed by atoms with E-state index in [1.165, 1.54) is 6.07 Å². The molecule has 2 aromatic rings. The zero-order valence-corrected chi connectivity index (χ0v) is 18.6. The molecule has 0 saturated carbocycles. The number of hydrogen-bond donors (Lipinski definition) is 4. The third-order valence-electron chi connectivity index (χ3n) is 4.45. The van der Waals surface area contributed by atoms with Gasteiger partial charge in [-0.3, -0.25) is 9.36 Å². The molecule has 0 saturated heterocycles. The molecule has 1 aromatic carbocycles. The Morgan fingerprint density at radius 1 is 1.28 bits per heavy atom. The Hall–Kier alpha value is -1.55. The Morgan fingerprint density at radius 3 is 2.48 bits per heavy atom. The lowest BCUT2D eigenvalue weighted by molar-refractivity contribution is -0.137. The van der Waals surface area contributed by atoms with E-state index in [9.17, 15) is 27.8 Å². The molecule has 11 heteroatoms. The molecular formula is C18H25N2O6PS2. The third-order valence-corrected chi connectivity index (χ3v) is 10.4. The molecule has 0 spiro atoms. The summed E-state index contributed by atoms with van der Waals surface area (Å²) >= 11 is 0.985. The van der Waals surface area contributed by atoms with E-state index in [2.05, 4.69) is 4.72 Å². The van der Waals surface area contributed by atoms with Crippen LogP contribution in [0.2, 0.25) is 0 Å². The van der Waals surface area contributed by atoms with E-state index in [1.807, 2.05) is 0 Å². The first-order chi connectivity index (χ1) is 13.5. The minimum Gasteiger partial charge on any atom is -0.481 e. The van der Waals surface area contributed by atoms with Gasteiger partial charge in [-0.1, -0.05) is 44.2 Å². The average Bonchev–Trinajstić information content (AvgIpc) is 3.19. The Labute approximate surface area is 174 Å². The van der Waals surface area contributed by atoms with Gasteiger partial charge in [0.15, 0.2) is 0 Å². The number of carboxylic acid groups (broad SMARTS) is 1. The summed E-state index contributed by atoms with van der Waals surface area (Å²) < 4.78 is 41.3. The van der Waals surface area contributed by atoms with Crippen molar-refractivity contribution in [2.45, 2.75) is 42.5 Å². The van der Waals surface area contributed by atoms with Crippen LogP contribution < -0.4 is 10.5 Å². The topological polar surface area (TPSA) is 147 Å². The van der Waals surface area contributed by atoms with Crippen LogP contribution in [0.5, 0.6) is 0 Å². The monoisotopic (exact) mass is 460 g/mol. The molecule has 160 valence electrons. The van der Waals surface area contributed by atoms with E-state index >= 15 is 0 Å². The Balaban J connectivity index is 2.50. The maximum absolute atomic E-state index is 13.6. The summed E-state index contributed by atoms with van der Waals surface area (Å²) in [5.41, 5.74) is 5.36. The molecule has 5 N–H and O–H groups in total. The number of aliphatic carboxylic acids is 1. The van der Waals surface area contributed by atoms with Crippen molar-refractivity contribution in [3.05, 3.63) is 52.9 Å². The molecule has 3 atom stereocenters. The zero-order chi connectivity index (χ0) is 21.8. The Morgan fingerprint density at radius 2 is 1.97 bits per heavy atom. The predicted molar refractivity (Wildman–Crippen MR) is 112 cm³/mol. The number of nitrogens with two attached hydrogens (primary N) is 1. The van der Waals surface area contributed by atoms with E-state index in [0.717, 1.165) is 11.3 Å². The molecule has 8 nitrogen and oxygen atoms in total. The van der Waals surface area contributed by atoms with Crippen LogP contribution in [0.4, 0.5) is 0 Å². The fraction of sp³-hybridized carbons (Fsp3) is 0.389. The molecule has 0 aliphatic heterocycles. The standard InChI is InChI=1S/C18H25N2O6PS2/c1-12(2)18(20-29(25,26)17-7-4-8-28-17)27(23,24)15(10-16(21)22)14-6-3-5-13(9-14)11-19/h3-9,12,15,18,20H,10-11,19H2,1-2H3,(H,21,22)(H,23,24). The fourth-order valence-corrected chi connectivity index (χ4v) is 8.52. The Kier molecular flexibility index (Phi) is 7.78. The maximum atomic E-state index is 13.6. The Bertz CT molecular complexity index is 992. The fourth-order valence-electron chi connectivity index (χ4n) is 3.02. The van der Waals surface area contributed by atoms with Gasteiger partial charge >= 0.3 is 5.97 Å². The summed E-state index contributed by atoms with van der Waals surface area (Å²) in [6.45, 7) is 3.40. The SMILES string of the molecule is CC(C)C(NS(=O)(=O)c1cccs1)P(=O)(O)C(CC(=O)O)c1cccc(CN)c1. The molecule has 2 rings (SSSR count). The van der Waals surface area contributed by atoms with Crippen molar-refractivity contribution >= 4 is 34.7 Å². The number of benzene rings is 1. The summed E-state index contributed by atoms with van der Waals surface area (Å²) in [5.74, 6) is -3.18. The lowest BCUT2D eigenvalue weighted by atomic mass is 10.1. The van der Waals surface area contributed by atoms with Crippen LogP contribution in [0.3, 0.4) is 0 Å². The highest BCUT2D eigenvalue weighted by Crippen LogP contribution is 2.62. The number of carboxylic acids is 1. The number of hydrogen-bond acceptors (Lipinski definition) is 6. The van der Waals surface area contributed by atoms with E-state index in [4.69, 9.17) is 5.73 Å². The zero-order valence-electron chi connectivity index (χ0n) is 16.1. The summed E-state index contributed by atoms with van der Waals surface area (Å²) in [7, 11) is -8.41. The summed E-state index contributed by atoms with van der Waals surface area (Å²) in [4.78, 5) is 22.5. The molecule has 0 amide bonds. The first-order valence-electron chi connectivity index (χ1n) is 8.87. The number of nitrogens with one attached hydrogen (secondary N) is 1. The quantitative estimate of drug-likeness (QED) is 0.399. The molecule has 0 bridgehead atoms. The van der Waals surface area contributed by atoms with Crippen LogP contribution in [0.25, 0.3) is 0 Å². The van der Waals surface area contributed by atoms with Crippen LogP contribution in [0.1, 0.15) is 37.1 Å². The molecule has 0 fully saturated rings. The minimum absolute atomic E-state index is 0.0167. The van der Waals surface area contributed by atoms with Gasteiger partial charge in [0, 0.05) is 6.54 Å². The van der Waals surface area contributed by atoms with Gasteiger partial charge in [-0.2, -0.15) is 4.72 Å². The van der Waals surface area contributed by atoms with Crippen molar-refractivity contribution in [2.75, 3.05) is 0 Å². The number of thiophene rings is 1. The lowest BCUT2D eigenvalue weighted by Gasteiger charge is -2.32. The molecule has 0 radical (unpaired) electrons. The first kappa shape index (κ1) is 23.7. The highest BCUT2D eigenvalue weighted by atomic mass is 32.2. The van der Waals surface area contributed by atoms with E-state index < -0.39 is 47.1 Å². The second-order valence-corrected chi connectivity index (χ2v) is 12.4. The maximum Gasteiger partial charge on any atom is 0.304 e. The molecule has 0 aliphatic carbocycles. The molecule has 29 heavy (non-hydrogen) atoms. The normalized spacial score (nSPS) is 16.3. The first-order valence-corrected chi connectivity index (χ1v) is 13.0.